The number of para-hydroxylation sites is 2. The Morgan fingerprint density at radius 3 is 1.52 bits per heavy atom. The van der Waals surface area contributed by atoms with Crippen molar-refractivity contribution in [2.45, 2.75) is 0 Å². The predicted molar refractivity (Wildman–Crippen MR) is 237 cm³/mol. The van der Waals surface area contributed by atoms with Gasteiger partial charge in [0.1, 0.15) is 0 Å². The molecule has 0 fully saturated rings. The van der Waals surface area contributed by atoms with E-state index in [4.69, 9.17) is 2.74 Å². The molecular formula is C54H36N2. The first kappa shape index (κ1) is 25.6. The minimum Gasteiger partial charge on any atom is -0.309 e. The van der Waals surface area contributed by atoms with E-state index < -0.39 is 12.1 Å². The van der Waals surface area contributed by atoms with Gasteiger partial charge in [-0.2, -0.15) is 0 Å². The lowest BCUT2D eigenvalue weighted by Crippen LogP contribution is -1.97. The standard InChI is InChI=1S/C54H36N2/c1-4-14-37(15-5-1)39-24-29-44(30-25-39)55-52-31-26-41(38-16-6-2-7-17-38)34-48(52)49-36-43(27-32-53(49)55)42-28-33-54-47(35-42)46-21-11-13-23-51(46)56(54)50-22-12-10-20-45(50)40-18-8-3-9-19-40/h1-36H/i11D,13D,21D,23D,28D,33D,35D. The van der Waals surface area contributed by atoms with E-state index >= 15 is 0 Å². The molecule has 0 bridgehead atoms. The maximum absolute atomic E-state index is 9.96. The number of nitrogens with zero attached hydrogens (tertiary/aromatic N) is 2. The van der Waals surface area contributed by atoms with Crippen molar-refractivity contribution in [1.82, 2.24) is 9.13 Å². The molecule has 0 saturated carbocycles. The molecule has 11 rings (SSSR count). The van der Waals surface area contributed by atoms with E-state index in [2.05, 4.69) is 71.3 Å². The summed E-state index contributed by atoms with van der Waals surface area (Å²) in [6, 6.07) is 56.7. The van der Waals surface area contributed by atoms with E-state index in [1.165, 1.54) is 0 Å². The van der Waals surface area contributed by atoms with Crippen molar-refractivity contribution < 1.29 is 9.60 Å². The molecule has 0 spiro atoms. The van der Waals surface area contributed by atoms with Gasteiger partial charge in [-0.1, -0.05) is 158 Å². The van der Waals surface area contributed by atoms with E-state index in [9.17, 15) is 6.85 Å². The summed E-state index contributed by atoms with van der Waals surface area (Å²) >= 11 is 0. The van der Waals surface area contributed by atoms with Crippen molar-refractivity contribution in [3.05, 3.63) is 218 Å². The van der Waals surface area contributed by atoms with E-state index in [1.54, 1.807) is 4.57 Å². The number of fused-ring (bicyclic) bond motifs is 6. The predicted octanol–water partition coefficient (Wildman–Crippen LogP) is 14.5. The average molecular weight is 720 g/mol. The summed E-state index contributed by atoms with van der Waals surface area (Å²) in [6.07, 6.45) is 0. The molecular weight excluding hydrogens is 677 g/mol. The monoisotopic (exact) mass is 719 g/mol. The number of aromatic nitrogens is 2. The van der Waals surface area contributed by atoms with Gasteiger partial charge in [0.15, 0.2) is 0 Å². The highest BCUT2D eigenvalue weighted by Crippen LogP contribution is 2.41. The fraction of sp³-hybridized carbons (Fsp3) is 0. The minimum atomic E-state index is -0.425. The molecule has 56 heavy (non-hydrogen) atoms. The highest BCUT2D eigenvalue weighted by Gasteiger charge is 2.18. The number of benzene rings is 9. The van der Waals surface area contributed by atoms with Crippen molar-refractivity contribution in [3.63, 3.8) is 0 Å². The first-order chi connectivity index (χ1) is 30.7. The van der Waals surface area contributed by atoms with Crippen molar-refractivity contribution in [2.24, 2.45) is 0 Å². The summed E-state index contributed by atoms with van der Waals surface area (Å²) in [5, 5.41) is 2.22. The van der Waals surface area contributed by atoms with Crippen LogP contribution in [0.5, 0.6) is 0 Å². The van der Waals surface area contributed by atoms with Gasteiger partial charge in [-0.15, -0.1) is 0 Å². The van der Waals surface area contributed by atoms with Crippen LogP contribution < -0.4 is 0 Å². The fourth-order valence-electron chi connectivity index (χ4n) is 8.13. The molecule has 2 heteroatoms. The first-order valence-corrected chi connectivity index (χ1v) is 18.7. The zero-order chi connectivity index (χ0) is 43.1. The molecule has 0 aliphatic rings. The molecule has 0 aliphatic carbocycles. The van der Waals surface area contributed by atoms with Gasteiger partial charge in [0, 0.05) is 32.8 Å². The van der Waals surface area contributed by atoms with Crippen molar-refractivity contribution in [1.29, 1.82) is 0 Å². The summed E-state index contributed by atoms with van der Waals surface area (Å²) in [6.45, 7) is 0. The summed E-state index contributed by atoms with van der Waals surface area (Å²) in [5.41, 5.74) is 10.6. The minimum absolute atomic E-state index is 0.0819. The first-order valence-electron chi connectivity index (χ1n) is 22.2. The third kappa shape index (κ3) is 5.26. The van der Waals surface area contributed by atoms with Gasteiger partial charge in [-0.25, -0.2) is 0 Å². The third-order valence-corrected chi connectivity index (χ3v) is 10.8. The second-order valence-electron chi connectivity index (χ2n) is 14.0. The van der Waals surface area contributed by atoms with Crippen LogP contribution in [0.1, 0.15) is 9.60 Å². The molecule has 0 N–H and O–H groups in total. The van der Waals surface area contributed by atoms with Crippen LogP contribution in [0, 0.1) is 0 Å². The molecule has 0 aliphatic heterocycles. The Morgan fingerprint density at radius 1 is 0.321 bits per heavy atom. The quantitative estimate of drug-likeness (QED) is 0.162. The molecule has 262 valence electrons. The molecule has 0 unspecified atom stereocenters. The van der Waals surface area contributed by atoms with Crippen molar-refractivity contribution >= 4 is 43.6 Å². The highest BCUT2D eigenvalue weighted by molar-refractivity contribution is 6.13. The molecule has 2 aromatic heterocycles. The van der Waals surface area contributed by atoms with Crippen LogP contribution in [0.3, 0.4) is 0 Å². The molecule has 0 saturated heterocycles. The van der Waals surface area contributed by atoms with E-state index in [-0.39, 0.29) is 57.6 Å². The SMILES string of the molecule is [2H]c1c([2H])c([2H])c2c(c1[2H])c1c([2H])c(-c3ccc4c(c3)c3cc(-c5ccccc5)ccc3n4-c3ccc(-c4ccccc4)cc3)c([2H])c([2H])c1n2-c1ccccc1-c1ccccc1. The molecule has 9 aromatic carbocycles. The van der Waals surface area contributed by atoms with Crippen LogP contribution >= 0.6 is 0 Å². The number of hydrogen-bond donors (Lipinski definition) is 0. The van der Waals surface area contributed by atoms with Crippen molar-refractivity contribution in [3.8, 4) is 55.9 Å². The molecule has 0 amide bonds. The zero-order valence-corrected chi connectivity index (χ0v) is 30.1. The maximum Gasteiger partial charge on any atom is 0.0645 e. The molecule has 2 nitrogen and oxygen atoms in total. The van der Waals surface area contributed by atoms with Crippen LogP contribution in [0.2, 0.25) is 0 Å². The summed E-state index contributed by atoms with van der Waals surface area (Å²) in [4.78, 5) is 0. The number of rotatable bonds is 6. The fourth-order valence-corrected chi connectivity index (χ4v) is 8.13. The number of hydrogen-bond acceptors (Lipinski definition) is 0. The topological polar surface area (TPSA) is 9.86 Å². The summed E-state index contributed by atoms with van der Waals surface area (Å²) < 4.78 is 69.2. The van der Waals surface area contributed by atoms with Gasteiger partial charge in [0.2, 0.25) is 0 Å². The van der Waals surface area contributed by atoms with E-state index in [1.807, 2.05) is 109 Å². The van der Waals surface area contributed by atoms with Gasteiger partial charge in [0.05, 0.1) is 37.3 Å². The van der Waals surface area contributed by atoms with Crippen LogP contribution in [0.15, 0.2) is 218 Å². The van der Waals surface area contributed by atoms with E-state index in [0.29, 0.717) is 11.3 Å². The molecule has 0 radical (unpaired) electrons. The van der Waals surface area contributed by atoms with Crippen LogP contribution in [0.25, 0.3) is 99.5 Å². The largest absolute Gasteiger partial charge is 0.309 e. The molecule has 2 heterocycles. The van der Waals surface area contributed by atoms with Gasteiger partial charge in [-0.05, 0) is 99.5 Å². The lowest BCUT2D eigenvalue weighted by molar-refractivity contribution is 1.18. The highest BCUT2D eigenvalue weighted by atomic mass is 15.0. The molecule has 0 atom stereocenters. The van der Waals surface area contributed by atoms with Crippen LogP contribution in [-0.4, -0.2) is 9.13 Å². The average Bonchev–Trinajstić information content (AvgIpc) is 3.87. The van der Waals surface area contributed by atoms with Gasteiger partial charge >= 0.3 is 0 Å². The van der Waals surface area contributed by atoms with Crippen molar-refractivity contribution in [2.75, 3.05) is 0 Å². The second kappa shape index (κ2) is 13.2. The lowest BCUT2D eigenvalue weighted by atomic mass is 9.99. The third-order valence-electron chi connectivity index (χ3n) is 10.8. The van der Waals surface area contributed by atoms with E-state index in [0.717, 1.165) is 60.9 Å². The smallest absolute Gasteiger partial charge is 0.0645 e. The Bertz CT molecular complexity index is 3620. The Hall–Kier alpha value is -7.42. The van der Waals surface area contributed by atoms with Gasteiger partial charge in [0.25, 0.3) is 0 Å². The normalized spacial score (nSPS) is 13.3. The second-order valence-corrected chi connectivity index (χ2v) is 14.0. The lowest BCUT2D eigenvalue weighted by Gasteiger charge is -2.14. The van der Waals surface area contributed by atoms with Crippen LogP contribution in [-0.2, 0) is 0 Å². The Kier molecular flexibility index (Phi) is 6.01. The zero-order valence-electron chi connectivity index (χ0n) is 37.1. The maximum atomic E-state index is 9.96. The van der Waals surface area contributed by atoms with Gasteiger partial charge < -0.3 is 9.13 Å². The molecule has 11 aromatic rings. The van der Waals surface area contributed by atoms with Crippen LogP contribution in [0.4, 0.5) is 0 Å². The Balaban J connectivity index is 1.19. The Morgan fingerprint density at radius 2 is 0.839 bits per heavy atom. The summed E-state index contributed by atoms with van der Waals surface area (Å²) in [5.74, 6) is 0. The van der Waals surface area contributed by atoms with Gasteiger partial charge in [-0.3, -0.25) is 0 Å². The summed E-state index contributed by atoms with van der Waals surface area (Å²) in [7, 11) is 0. The Labute approximate surface area is 335 Å².